The molecule has 2 aromatic carbocycles. The van der Waals surface area contributed by atoms with E-state index in [-0.39, 0.29) is 34.4 Å². The number of ketones is 1. The number of ether oxygens (including phenoxy) is 1. The van der Waals surface area contributed by atoms with Gasteiger partial charge >= 0.3 is 0 Å². The molecule has 1 unspecified atom stereocenters. The van der Waals surface area contributed by atoms with E-state index >= 15 is 0 Å². The zero-order chi connectivity index (χ0) is 31.6. The maximum absolute atomic E-state index is 13.6. The van der Waals surface area contributed by atoms with Crippen LogP contribution in [0, 0.1) is 6.92 Å². The molecule has 6 nitrogen and oxygen atoms in total. The molecule has 0 saturated carbocycles. The largest absolute Gasteiger partial charge is 1.00 e. The number of likely N-dealkylation sites (N-methyl/N-ethyl adjacent to an activating group) is 1. The number of amides is 1. The predicted molar refractivity (Wildman–Crippen MR) is 185 cm³/mol. The monoisotopic (exact) mass is 725 g/mol. The molecule has 10 heteroatoms. The van der Waals surface area contributed by atoms with Crippen LogP contribution in [0.5, 0.6) is 5.75 Å². The van der Waals surface area contributed by atoms with Crippen molar-refractivity contribution in [2.75, 3.05) is 36.6 Å². The zero-order valence-electron chi connectivity index (χ0n) is 26.7. The number of carbonyl (C=O) groups excluding carboxylic acids is 2. The Balaban J connectivity index is 0.00000675. The van der Waals surface area contributed by atoms with E-state index in [1.165, 1.54) is 4.90 Å². The molecule has 0 aliphatic carbocycles. The van der Waals surface area contributed by atoms with Gasteiger partial charge in [-0.25, -0.2) is 4.98 Å². The number of para-hydroxylation sites is 1. The Morgan fingerprint density at radius 3 is 2.16 bits per heavy atom. The summed E-state index contributed by atoms with van der Waals surface area (Å²) in [5.74, 6) is -0.0351. The number of nitrogens with two attached hydrogens (primary N) is 1. The summed E-state index contributed by atoms with van der Waals surface area (Å²) >= 11 is 13.4. The fourth-order valence-electron chi connectivity index (χ4n) is 5.41. The standard InChI is InChI=1S/C34H47Cl2N3O3P.BrH/c1-6-9-19-43(20-10-7-2,21-11-8-3)23-29(40)32(37)34(41)39(5)28-18-17-27(35)26(31(28)36)22-42-30-14-12-13-25-16-15-24(4)38-33(25)30;/h12-18,32H,6-11,19-23,37H2,1-5H3;1H/q+1;/p-1. The van der Waals surface area contributed by atoms with Gasteiger partial charge in [0.15, 0.2) is 5.78 Å². The number of benzene rings is 2. The lowest BCUT2D eigenvalue weighted by atomic mass is 10.1. The summed E-state index contributed by atoms with van der Waals surface area (Å²) in [5, 5.41) is 1.66. The van der Waals surface area contributed by atoms with Crippen molar-refractivity contribution in [3.05, 3.63) is 63.8 Å². The van der Waals surface area contributed by atoms with E-state index in [1.807, 2.05) is 37.3 Å². The van der Waals surface area contributed by atoms with Gasteiger partial charge in [-0.05, 0) is 50.5 Å². The average molecular weight is 728 g/mol. The number of nitrogens with zero attached hydrogens (tertiary/aromatic N) is 2. The molecule has 0 radical (unpaired) electrons. The Morgan fingerprint density at radius 2 is 1.57 bits per heavy atom. The number of hydrogen-bond donors (Lipinski definition) is 1. The molecule has 0 spiro atoms. The third-order valence-corrected chi connectivity index (χ3v) is 13.7. The molecule has 1 aromatic heterocycles. The summed E-state index contributed by atoms with van der Waals surface area (Å²) in [7, 11) is 0.0513. The molecule has 44 heavy (non-hydrogen) atoms. The Bertz CT molecular complexity index is 1390. The van der Waals surface area contributed by atoms with Crippen LogP contribution in [0.25, 0.3) is 10.9 Å². The number of pyridine rings is 1. The molecule has 3 rings (SSSR count). The van der Waals surface area contributed by atoms with Crippen molar-refractivity contribution < 1.29 is 31.3 Å². The van der Waals surface area contributed by atoms with E-state index < -0.39 is 19.2 Å². The topological polar surface area (TPSA) is 85.5 Å². The first-order chi connectivity index (χ1) is 20.6. The van der Waals surface area contributed by atoms with E-state index in [9.17, 15) is 9.59 Å². The summed E-state index contributed by atoms with van der Waals surface area (Å²) in [6.45, 7) is 8.58. The van der Waals surface area contributed by atoms with Crippen molar-refractivity contribution in [1.82, 2.24) is 4.98 Å². The van der Waals surface area contributed by atoms with Gasteiger partial charge in [-0.15, -0.1) is 0 Å². The summed E-state index contributed by atoms with van der Waals surface area (Å²) in [5.41, 5.74) is 8.98. The Hall–Kier alpha value is -1.76. The molecule has 242 valence electrons. The van der Waals surface area contributed by atoms with Crippen LogP contribution < -0.4 is 32.4 Å². The summed E-state index contributed by atoms with van der Waals surface area (Å²) in [6.07, 6.45) is 10.3. The van der Waals surface area contributed by atoms with Crippen molar-refractivity contribution >= 4 is 58.7 Å². The van der Waals surface area contributed by atoms with Crippen molar-refractivity contribution in [1.29, 1.82) is 0 Å². The number of Topliss-reactive ketones (excluding diaryl/α,β-unsaturated/α-hetero) is 1. The number of carbonyl (C=O) groups is 2. The lowest BCUT2D eigenvalue weighted by Gasteiger charge is -2.29. The van der Waals surface area contributed by atoms with E-state index in [1.54, 1.807) is 19.2 Å². The van der Waals surface area contributed by atoms with E-state index in [0.717, 1.165) is 73.6 Å². The first kappa shape index (κ1) is 38.4. The van der Waals surface area contributed by atoms with Crippen molar-refractivity contribution in [2.45, 2.75) is 78.9 Å². The van der Waals surface area contributed by atoms with E-state index in [2.05, 4.69) is 25.8 Å². The SMILES string of the molecule is CCCC[P+](CCCC)(CCCC)CC(=O)C(N)C(=O)N(C)c1ccc(Cl)c(COc2cccc3ccc(C)nc23)c1Cl.[Br-]. The van der Waals surface area contributed by atoms with Gasteiger partial charge in [0.2, 0.25) is 0 Å². The number of anilines is 1. The number of aromatic nitrogens is 1. The van der Waals surface area contributed by atoms with Gasteiger partial charge in [0, 0.05) is 36.0 Å². The molecule has 1 heterocycles. The highest BCUT2D eigenvalue weighted by Crippen LogP contribution is 2.60. The van der Waals surface area contributed by atoms with Gasteiger partial charge in [-0.1, -0.05) is 81.4 Å². The van der Waals surface area contributed by atoms with Gasteiger partial charge in [0.05, 0.1) is 29.2 Å². The minimum atomic E-state index is -1.55. The van der Waals surface area contributed by atoms with Gasteiger partial charge in [-0.3, -0.25) is 9.59 Å². The second-order valence-corrected chi connectivity index (χ2v) is 16.6. The van der Waals surface area contributed by atoms with Crippen LogP contribution in [-0.2, 0) is 16.2 Å². The number of halogens is 3. The molecule has 0 aliphatic rings. The van der Waals surface area contributed by atoms with E-state index in [4.69, 9.17) is 33.7 Å². The Morgan fingerprint density at radius 1 is 0.955 bits per heavy atom. The fourth-order valence-corrected chi connectivity index (χ4v) is 11.0. The minimum Gasteiger partial charge on any atom is -1.00 e. The molecule has 2 N–H and O–H groups in total. The van der Waals surface area contributed by atoms with Crippen LogP contribution in [0.15, 0.2) is 42.5 Å². The number of rotatable bonds is 17. The highest BCUT2D eigenvalue weighted by molar-refractivity contribution is 7.76. The van der Waals surface area contributed by atoms with Gasteiger partial charge in [0.25, 0.3) is 5.91 Å². The van der Waals surface area contributed by atoms with Crippen molar-refractivity contribution in [3.63, 3.8) is 0 Å². The van der Waals surface area contributed by atoms with Crippen LogP contribution in [0.1, 0.15) is 70.6 Å². The highest BCUT2D eigenvalue weighted by atomic mass is 79.9. The highest BCUT2D eigenvalue weighted by Gasteiger charge is 2.41. The van der Waals surface area contributed by atoms with Gasteiger partial charge in [-0.2, -0.15) is 0 Å². The second-order valence-electron chi connectivity index (χ2n) is 11.5. The first-order valence-electron chi connectivity index (χ1n) is 15.4. The normalized spacial score (nSPS) is 12.1. The predicted octanol–water partition coefficient (Wildman–Crippen LogP) is 5.71. The number of aryl methyl sites for hydroxylation is 1. The summed E-state index contributed by atoms with van der Waals surface area (Å²) in [6, 6.07) is 11.8. The maximum Gasteiger partial charge on any atom is 0.251 e. The second kappa shape index (κ2) is 18.4. The molecular formula is C34H47BrCl2N3O3P. The number of fused-ring (bicyclic) bond motifs is 1. The molecule has 0 aliphatic heterocycles. The van der Waals surface area contributed by atoms with Crippen LogP contribution in [0.2, 0.25) is 10.0 Å². The summed E-state index contributed by atoms with van der Waals surface area (Å²) < 4.78 is 6.14. The van der Waals surface area contributed by atoms with Crippen molar-refractivity contribution in [2.24, 2.45) is 5.73 Å². The number of unbranched alkanes of at least 4 members (excludes halogenated alkanes) is 3. The smallest absolute Gasteiger partial charge is 0.251 e. The molecule has 3 aromatic rings. The zero-order valence-corrected chi connectivity index (χ0v) is 30.7. The molecule has 1 amide bonds. The average Bonchev–Trinajstić information content (AvgIpc) is 3.00. The van der Waals surface area contributed by atoms with Gasteiger partial charge < -0.3 is 32.4 Å². The van der Waals surface area contributed by atoms with Crippen LogP contribution in [0.3, 0.4) is 0 Å². The first-order valence-corrected chi connectivity index (χ1v) is 18.7. The minimum absolute atomic E-state index is 0. The maximum atomic E-state index is 13.6. The third-order valence-electron chi connectivity index (χ3n) is 8.11. The van der Waals surface area contributed by atoms with Crippen LogP contribution in [-0.4, -0.2) is 54.4 Å². The Labute approximate surface area is 284 Å². The molecule has 0 bridgehead atoms. The lowest BCUT2D eigenvalue weighted by molar-refractivity contribution is -0.127. The molecule has 1 atom stereocenters. The molecule has 0 saturated heterocycles. The van der Waals surface area contributed by atoms with Crippen molar-refractivity contribution in [3.8, 4) is 5.75 Å². The van der Waals surface area contributed by atoms with E-state index in [0.29, 0.717) is 28.2 Å². The van der Waals surface area contributed by atoms with Crippen LogP contribution >= 0.6 is 30.5 Å². The fraction of sp³-hybridized carbons (Fsp3) is 0.500. The lowest BCUT2D eigenvalue weighted by Crippen LogP contribution is -3.00. The summed E-state index contributed by atoms with van der Waals surface area (Å²) in [4.78, 5) is 33.2. The van der Waals surface area contributed by atoms with Gasteiger partial charge in [0.1, 0.15) is 30.1 Å². The third kappa shape index (κ3) is 9.87. The quantitative estimate of drug-likeness (QED) is 0.142. The molecular weight excluding hydrogens is 680 g/mol. The number of hydrogen-bond acceptors (Lipinski definition) is 5. The molecule has 0 fully saturated rings. The Kier molecular flexibility index (Phi) is 16.1. The van der Waals surface area contributed by atoms with Crippen LogP contribution in [0.4, 0.5) is 5.69 Å².